The molecule has 0 radical (unpaired) electrons. The Labute approximate surface area is 333 Å². The second kappa shape index (κ2) is 14.2. The third-order valence-corrected chi connectivity index (χ3v) is 17.2. The molecule has 0 aromatic rings. The summed E-state index contributed by atoms with van der Waals surface area (Å²) in [6, 6.07) is 0. The predicted molar refractivity (Wildman–Crippen MR) is 199 cm³/mol. The SMILES string of the molecule is CC1(C)C[C@@H](O[C@@H]2O[C@H](C(=O)O)[C@@H](O)[C@H](O)[C@H]2O[C@@H]2O[C@H](C(=O)O)[C@@H](O)[C@H](O)[C@H]2O)C[C@@]2(C)C1CC[C@]1(C)C2CC=C2C3C[C@@](C)(C(=O)O)CC[C@]3(C)CCC21C. The summed E-state index contributed by atoms with van der Waals surface area (Å²) in [4.78, 5) is 36.6. The van der Waals surface area contributed by atoms with E-state index in [4.69, 9.17) is 18.9 Å². The number of ether oxygens (including phenoxy) is 4. The van der Waals surface area contributed by atoms with Gasteiger partial charge >= 0.3 is 17.9 Å². The highest BCUT2D eigenvalue weighted by Gasteiger charge is 2.68. The molecule has 2 aliphatic heterocycles. The van der Waals surface area contributed by atoms with E-state index < -0.39 is 90.8 Å². The molecule has 0 aromatic carbocycles. The van der Waals surface area contributed by atoms with Gasteiger partial charge in [0.05, 0.1) is 11.5 Å². The van der Waals surface area contributed by atoms with Gasteiger partial charge in [0, 0.05) is 0 Å². The van der Waals surface area contributed by atoms with Crippen molar-refractivity contribution in [2.45, 2.75) is 180 Å². The van der Waals surface area contributed by atoms with Gasteiger partial charge < -0.3 is 59.8 Å². The average molecular weight is 809 g/mol. The van der Waals surface area contributed by atoms with Crippen LogP contribution in [0.4, 0.5) is 0 Å². The lowest BCUT2D eigenvalue weighted by molar-refractivity contribution is -0.368. The summed E-state index contributed by atoms with van der Waals surface area (Å²) >= 11 is 0. The summed E-state index contributed by atoms with van der Waals surface area (Å²) in [6.07, 6.45) is -9.13. The van der Waals surface area contributed by atoms with Crippen molar-refractivity contribution in [2.24, 2.45) is 50.2 Å². The van der Waals surface area contributed by atoms with Crippen LogP contribution in [0.3, 0.4) is 0 Å². The van der Waals surface area contributed by atoms with Crippen molar-refractivity contribution >= 4 is 17.9 Å². The van der Waals surface area contributed by atoms with E-state index in [1.54, 1.807) is 0 Å². The van der Waals surface area contributed by atoms with Crippen molar-refractivity contribution in [3.05, 3.63) is 11.6 Å². The lowest BCUT2D eigenvalue weighted by Crippen LogP contribution is -2.66. The van der Waals surface area contributed by atoms with Crippen LogP contribution in [0.5, 0.6) is 0 Å². The molecular weight excluding hydrogens is 744 g/mol. The van der Waals surface area contributed by atoms with Gasteiger partial charge in [-0.15, -0.1) is 0 Å². The Bertz CT molecular complexity index is 1650. The smallest absolute Gasteiger partial charge is 0.335 e. The van der Waals surface area contributed by atoms with E-state index in [0.29, 0.717) is 31.6 Å². The fourth-order valence-electron chi connectivity index (χ4n) is 13.7. The van der Waals surface area contributed by atoms with Gasteiger partial charge in [-0.1, -0.05) is 53.2 Å². The Morgan fingerprint density at radius 1 is 0.667 bits per heavy atom. The van der Waals surface area contributed by atoms with Crippen LogP contribution in [0.1, 0.15) is 113 Å². The van der Waals surface area contributed by atoms with Crippen LogP contribution >= 0.6 is 0 Å². The summed E-state index contributed by atoms with van der Waals surface area (Å²) in [5, 5.41) is 83.3. The minimum atomic E-state index is -2.01. The highest BCUT2D eigenvalue weighted by atomic mass is 16.8. The van der Waals surface area contributed by atoms with Crippen molar-refractivity contribution in [1.82, 2.24) is 0 Å². The largest absolute Gasteiger partial charge is 0.481 e. The zero-order valence-corrected chi connectivity index (χ0v) is 34.2. The van der Waals surface area contributed by atoms with E-state index >= 15 is 0 Å². The Morgan fingerprint density at radius 2 is 1.26 bits per heavy atom. The molecule has 8 N–H and O–H groups in total. The summed E-state index contributed by atoms with van der Waals surface area (Å²) in [6.45, 7) is 15.8. The Morgan fingerprint density at radius 3 is 1.88 bits per heavy atom. The van der Waals surface area contributed by atoms with Crippen LogP contribution < -0.4 is 0 Å². The molecule has 15 heteroatoms. The fraction of sp³-hybridized carbons (Fsp3) is 0.881. The Kier molecular flexibility index (Phi) is 10.7. The lowest BCUT2D eigenvalue weighted by Gasteiger charge is -2.71. The van der Waals surface area contributed by atoms with Gasteiger partial charge in [0.25, 0.3) is 0 Å². The molecule has 6 fully saturated rings. The highest BCUT2D eigenvalue weighted by Crippen LogP contribution is 2.76. The number of carbonyl (C=O) groups is 3. The van der Waals surface area contributed by atoms with Crippen molar-refractivity contribution in [3.8, 4) is 0 Å². The maximum atomic E-state index is 12.5. The minimum absolute atomic E-state index is 0.0477. The van der Waals surface area contributed by atoms with Crippen LogP contribution in [-0.4, -0.2) is 126 Å². The van der Waals surface area contributed by atoms with Gasteiger partial charge in [0.1, 0.15) is 36.6 Å². The second-order valence-electron chi connectivity index (χ2n) is 20.8. The third kappa shape index (κ3) is 6.52. The molecule has 322 valence electrons. The number of fused-ring (bicyclic) bond motifs is 7. The van der Waals surface area contributed by atoms with Crippen molar-refractivity contribution in [2.75, 3.05) is 0 Å². The number of hydrogen-bond acceptors (Lipinski definition) is 12. The lowest BCUT2D eigenvalue weighted by atomic mass is 9.33. The number of carboxylic acids is 3. The molecule has 4 unspecified atom stereocenters. The number of aliphatic carboxylic acids is 3. The van der Waals surface area contributed by atoms with Crippen LogP contribution in [0.25, 0.3) is 0 Å². The van der Waals surface area contributed by atoms with Crippen LogP contribution in [0.15, 0.2) is 11.6 Å². The van der Waals surface area contributed by atoms with Crippen LogP contribution in [0, 0.1) is 50.2 Å². The summed E-state index contributed by atoms with van der Waals surface area (Å²) < 4.78 is 23.6. The molecule has 15 nitrogen and oxygen atoms in total. The highest BCUT2D eigenvalue weighted by molar-refractivity contribution is 5.75. The molecule has 2 heterocycles. The first-order chi connectivity index (χ1) is 26.3. The minimum Gasteiger partial charge on any atom is -0.481 e. The van der Waals surface area contributed by atoms with Crippen LogP contribution in [-0.2, 0) is 33.3 Å². The topological polar surface area (TPSA) is 250 Å². The summed E-state index contributed by atoms with van der Waals surface area (Å²) in [5.74, 6) is -3.24. The van der Waals surface area contributed by atoms with Crippen molar-refractivity contribution < 1.29 is 74.2 Å². The van der Waals surface area contributed by atoms with Gasteiger partial charge in [-0.25, -0.2) is 9.59 Å². The first-order valence-electron chi connectivity index (χ1n) is 20.8. The van der Waals surface area contributed by atoms with Gasteiger partial charge in [-0.2, -0.15) is 0 Å². The van der Waals surface area contributed by atoms with E-state index in [1.165, 1.54) is 5.57 Å². The Hall–Kier alpha value is -2.21. The molecule has 19 atom stereocenters. The first kappa shape index (κ1) is 42.9. The number of aliphatic hydroxyl groups is 5. The normalized spacial score (nSPS) is 53.2. The standard InChI is InChI=1S/C42H64O15/c1-37(2)16-19(54-35-31(27(46)26(45)30(56-35)33(50)51)57-34-28(47)24(43)25(44)29(55-34)32(48)49)17-40(5)22(37)10-11-42(7)23(40)9-8-20-21-18-39(4,36(52)53)13-12-38(21,3)14-15-41(20,42)6/h8,19,21-31,34-35,43-47H,9-18H2,1-7H3,(H,48,49)(H,50,51)(H,52,53)/t19-,21?,22?,23?,24+,25+,26+,27+,28-,29+,30+,31-,34+,35-,38-,39+,40+,41?,42-/m1/s1. The second-order valence-corrected chi connectivity index (χ2v) is 20.8. The van der Waals surface area contributed by atoms with Gasteiger partial charge in [-0.3, -0.25) is 4.79 Å². The molecule has 4 saturated carbocycles. The average Bonchev–Trinajstić information content (AvgIpc) is 3.11. The molecule has 0 amide bonds. The number of rotatable bonds is 7. The number of hydrogen-bond donors (Lipinski definition) is 8. The van der Waals surface area contributed by atoms with E-state index in [9.17, 15) is 55.2 Å². The predicted octanol–water partition coefficient (Wildman–Crippen LogP) is 3.07. The molecule has 5 aliphatic carbocycles. The van der Waals surface area contributed by atoms with E-state index in [1.807, 2.05) is 6.92 Å². The zero-order chi connectivity index (χ0) is 42.0. The number of carboxylic acid groups (broad SMARTS) is 3. The monoisotopic (exact) mass is 808 g/mol. The fourth-order valence-corrected chi connectivity index (χ4v) is 13.7. The zero-order valence-electron chi connectivity index (χ0n) is 34.2. The molecule has 2 saturated heterocycles. The maximum Gasteiger partial charge on any atom is 0.335 e. The van der Waals surface area contributed by atoms with Crippen molar-refractivity contribution in [3.63, 3.8) is 0 Å². The third-order valence-electron chi connectivity index (χ3n) is 17.2. The van der Waals surface area contributed by atoms with E-state index in [-0.39, 0.29) is 38.9 Å². The van der Waals surface area contributed by atoms with E-state index in [2.05, 4.69) is 47.6 Å². The van der Waals surface area contributed by atoms with E-state index in [0.717, 1.165) is 38.5 Å². The summed E-state index contributed by atoms with van der Waals surface area (Å²) in [7, 11) is 0. The molecule has 0 bridgehead atoms. The van der Waals surface area contributed by atoms with Crippen molar-refractivity contribution in [1.29, 1.82) is 0 Å². The van der Waals surface area contributed by atoms with Crippen LogP contribution in [0.2, 0.25) is 0 Å². The molecule has 57 heavy (non-hydrogen) atoms. The van der Waals surface area contributed by atoms with Gasteiger partial charge in [0.15, 0.2) is 24.8 Å². The van der Waals surface area contributed by atoms with Gasteiger partial charge in [0.2, 0.25) is 0 Å². The molecule has 0 aromatic heterocycles. The molecule has 7 aliphatic rings. The number of allylic oxidation sites excluding steroid dienone is 2. The first-order valence-corrected chi connectivity index (χ1v) is 20.8. The molecule has 0 spiro atoms. The Balaban J connectivity index is 1.19. The molecular formula is C42H64O15. The summed E-state index contributed by atoms with van der Waals surface area (Å²) in [5.41, 5.74) is -0.142. The van der Waals surface area contributed by atoms with Gasteiger partial charge in [-0.05, 0) is 116 Å². The maximum absolute atomic E-state index is 12.5. The number of aliphatic hydroxyl groups excluding tert-OH is 5. The quantitative estimate of drug-likeness (QED) is 0.136. The molecule has 7 rings (SSSR count).